The molecule has 0 fully saturated rings. The molecule has 2 rings (SSSR count). The highest BCUT2D eigenvalue weighted by molar-refractivity contribution is 5.47. The van der Waals surface area contributed by atoms with Gasteiger partial charge in [0.2, 0.25) is 0 Å². The van der Waals surface area contributed by atoms with Crippen molar-refractivity contribution < 1.29 is 14.0 Å². The number of hydrogen-bond donors (Lipinski definition) is 0. The van der Waals surface area contributed by atoms with Crippen LogP contribution in [0.2, 0.25) is 0 Å². The van der Waals surface area contributed by atoms with E-state index >= 15 is 0 Å². The minimum absolute atomic E-state index is 0.320. The number of methoxy groups -OCH3 is 1. The minimum atomic E-state index is 0.320. The number of nitrogens with zero attached hydrogens (tertiary/aromatic N) is 2. The van der Waals surface area contributed by atoms with Gasteiger partial charge in [-0.05, 0) is 37.1 Å². The van der Waals surface area contributed by atoms with Crippen LogP contribution in [0.3, 0.4) is 0 Å². The van der Waals surface area contributed by atoms with Gasteiger partial charge in [0, 0.05) is 13.2 Å². The lowest BCUT2D eigenvalue weighted by molar-refractivity contribution is 0.155. The zero-order valence-corrected chi connectivity index (χ0v) is 11.8. The SMILES string of the molecule is COCc1cc(COc2c(C)cc(C#N)cc2C)no1. The van der Waals surface area contributed by atoms with E-state index in [1.807, 2.05) is 26.0 Å². The first kappa shape index (κ1) is 14.1. The molecule has 2 aromatic rings. The zero-order chi connectivity index (χ0) is 14.5. The van der Waals surface area contributed by atoms with Crippen LogP contribution in [0.1, 0.15) is 28.1 Å². The summed E-state index contributed by atoms with van der Waals surface area (Å²) in [6.45, 7) is 4.55. The smallest absolute Gasteiger partial charge is 0.162 e. The van der Waals surface area contributed by atoms with E-state index in [0.29, 0.717) is 30.2 Å². The Balaban J connectivity index is 2.09. The Morgan fingerprint density at radius 2 is 1.90 bits per heavy atom. The van der Waals surface area contributed by atoms with Gasteiger partial charge in [-0.3, -0.25) is 0 Å². The topological polar surface area (TPSA) is 68.3 Å². The van der Waals surface area contributed by atoms with Crippen LogP contribution in [0.15, 0.2) is 22.7 Å². The van der Waals surface area contributed by atoms with E-state index in [2.05, 4.69) is 11.2 Å². The van der Waals surface area contributed by atoms with Crippen LogP contribution in [0.5, 0.6) is 5.75 Å². The Morgan fingerprint density at radius 3 is 2.50 bits per heavy atom. The van der Waals surface area contributed by atoms with Crippen molar-refractivity contribution in [3.63, 3.8) is 0 Å². The van der Waals surface area contributed by atoms with Crippen LogP contribution in [0.25, 0.3) is 0 Å². The molecular weight excluding hydrogens is 256 g/mol. The van der Waals surface area contributed by atoms with E-state index in [1.54, 1.807) is 13.2 Å². The van der Waals surface area contributed by atoms with Gasteiger partial charge in [-0.15, -0.1) is 0 Å². The molecule has 0 N–H and O–H groups in total. The monoisotopic (exact) mass is 272 g/mol. The lowest BCUT2D eigenvalue weighted by Crippen LogP contribution is -1.99. The van der Waals surface area contributed by atoms with E-state index in [1.165, 1.54) is 0 Å². The molecule has 1 aromatic carbocycles. The predicted molar refractivity (Wildman–Crippen MR) is 72.2 cm³/mol. The average Bonchev–Trinajstić information content (AvgIpc) is 2.85. The van der Waals surface area contributed by atoms with Crippen molar-refractivity contribution in [3.8, 4) is 11.8 Å². The molecule has 0 amide bonds. The quantitative estimate of drug-likeness (QED) is 0.837. The molecule has 0 bridgehead atoms. The summed E-state index contributed by atoms with van der Waals surface area (Å²) in [7, 11) is 1.60. The van der Waals surface area contributed by atoms with Crippen molar-refractivity contribution in [1.29, 1.82) is 5.26 Å². The molecule has 104 valence electrons. The molecule has 5 nitrogen and oxygen atoms in total. The first-order valence-electron chi connectivity index (χ1n) is 6.21. The Hall–Kier alpha value is -2.32. The highest BCUT2D eigenvalue weighted by Crippen LogP contribution is 2.25. The molecule has 0 aliphatic carbocycles. The molecule has 1 aromatic heterocycles. The summed E-state index contributed by atoms with van der Waals surface area (Å²) < 4.78 is 15.8. The van der Waals surface area contributed by atoms with Crippen LogP contribution in [0.4, 0.5) is 0 Å². The Kier molecular flexibility index (Phi) is 4.38. The molecule has 0 unspecified atom stereocenters. The fourth-order valence-electron chi connectivity index (χ4n) is 2.02. The lowest BCUT2D eigenvalue weighted by atomic mass is 10.1. The second-order valence-electron chi connectivity index (χ2n) is 4.56. The third-order valence-corrected chi connectivity index (χ3v) is 2.85. The predicted octanol–water partition coefficient (Wildman–Crippen LogP) is 2.89. The minimum Gasteiger partial charge on any atom is -0.487 e. The normalized spacial score (nSPS) is 10.3. The molecule has 0 aliphatic heterocycles. The Morgan fingerprint density at radius 1 is 1.20 bits per heavy atom. The summed E-state index contributed by atoms with van der Waals surface area (Å²) >= 11 is 0. The summed E-state index contributed by atoms with van der Waals surface area (Å²) in [5.41, 5.74) is 3.21. The molecular formula is C15H16N2O3. The van der Waals surface area contributed by atoms with Gasteiger partial charge in [0.15, 0.2) is 5.76 Å². The maximum Gasteiger partial charge on any atom is 0.162 e. The van der Waals surface area contributed by atoms with Gasteiger partial charge in [0.05, 0.1) is 11.6 Å². The van der Waals surface area contributed by atoms with Gasteiger partial charge < -0.3 is 14.0 Å². The number of aryl methyl sites for hydroxylation is 2. The summed E-state index contributed by atoms with van der Waals surface area (Å²) in [6.07, 6.45) is 0. The molecule has 0 spiro atoms. The van der Waals surface area contributed by atoms with Gasteiger partial charge in [0.25, 0.3) is 0 Å². The number of hydrogen-bond acceptors (Lipinski definition) is 5. The van der Waals surface area contributed by atoms with Crippen LogP contribution < -0.4 is 4.74 Å². The third kappa shape index (κ3) is 3.16. The number of rotatable bonds is 5. The highest BCUT2D eigenvalue weighted by atomic mass is 16.5. The Labute approximate surface area is 117 Å². The van der Waals surface area contributed by atoms with Gasteiger partial charge in [-0.1, -0.05) is 5.16 Å². The molecule has 20 heavy (non-hydrogen) atoms. The largest absolute Gasteiger partial charge is 0.487 e. The average molecular weight is 272 g/mol. The number of ether oxygens (including phenoxy) is 2. The fourth-order valence-corrected chi connectivity index (χ4v) is 2.02. The van der Waals surface area contributed by atoms with Gasteiger partial charge in [-0.25, -0.2) is 0 Å². The van der Waals surface area contributed by atoms with Gasteiger partial charge in [-0.2, -0.15) is 5.26 Å². The number of aromatic nitrogens is 1. The van der Waals surface area contributed by atoms with E-state index in [4.69, 9.17) is 19.3 Å². The summed E-state index contributed by atoms with van der Waals surface area (Å²) in [5, 5.41) is 12.8. The summed E-state index contributed by atoms with van der Waals surface area (Å²) in [6, 6.07) is 7.55. The molecule has 0 saturated carbocycles. The summed E-state index contributed by atoms with van der Waals surface area (Å²) in [4.78, 5) is 0. The van der Waals surface area contributed by atoms with Crippen molar-refractivity contribution in [2.45, 2.75) is 27.1 Å². The van der Waals surface area contributed by atoms with Crippen LogP contribution >= 0.6 is 0 Å². The van der Waals surface area contributed by atoms with Crippen molar-refractivity contribution in [1.82, 2.24) is 5.16 Å². The molecule has 0 saturated heterocycles. The second kappa shape index (κ2) is 6.22. The fraction of sp³-hybridized carbons (Fsp3) is 0.333. The maximum atomic E-state index is 8.91. The van der Waals surface area contributed by atoms with Gasteiger partial charge in [0.1, 0.15) is 24.7 Å². The number of nitriles is 1. The molecule has 5 heteroatoms. The summed E-state index contributed by atoms with van der Waals surface area (Å²) in [5.74, 6) is 1.44. The van der Waals surface area contributed by atoms with Crippen LogP contribution in [0, 0.1) is 25.2 Å². The highest BCUT2D eigenvalue weighted by Gasteiger charge is 2.09. The lowest BCUT2D eigenvalue weighted by Gasteiger charge is -2.11. The van der Waals surface area contributed by atoms with Gasteiger partial charge >= 0.3 is 0 Å². The Bertz CT molecular complexity index is 618. The molecule has 0 aliphatic rings. The molecule has 1 heterocycles. The van der Waals surface area contributed by atoms with E-state index in [-0.39, 0.29) is 0 Å². The number of benzene rings is 1. The van der Waals surface area contributed by atoms with Crippen molar-refractivity contribution in [2.75, 3.05) is 7.11 Å². The third-order valence-electron chi connectivity index (χ3n) is 2.85. The molecule has 0 radical (unpaired) electrons. The van der Waals surface area contributed by atoms with E-state index in [0.717, 1.165) is 16.9 Å². The van der Waals surface area contributed by atoms with E-state index < -0.39 is 0 Å². The zero-order valence-electron chi connectivity index (χ0n) is 11.8. The molecule has 0 atom stereocenters. The first-order chi connectivity index (χ1) is 9.63. The van der Waals surface area contributed by atoms with Crippen LogP contribution in [-0.2, 0) is 18.0 Å². The van der Waals surface area contributed by atoms with Crippen molar-refractivity contribution >= 4 is 0 Å². The van der Waals surface area contributed by atoms with E-state index in [9.17, 15) is 0 Å². The standard InChI is InChI=1S/C15H16N2O3/c1-10-4-12(7-16)5-11(2)15(10)19-8-13-6-14(9-18-3)20-17-13/h4-6H,8-9H2,1-3H3. The van der Waals surface area contributed by atoms with Crippen molar-refractivity contribution in [2.24, 2.45) is 0 Å². The second-order valence-corrected chi connectivity index (χ2v) is 4.56. The maximum absolute atomic E-state index is 8.91. The van der Waals surface area contributed by atoms with Crippen molar-refractivity contribution in [3.05, 3.63) is 46.3 Å². The first-order valence-corrected chi connectivity index (χ1v) is 6.21. The van der Waals surface area contributed by atoms with Crippen LogP contribution in [-0.4, -0.2) is 12.3 Å².